The standard InChI is InChI=1S/C16H16Cl2N2O2/c1-10-3-4-13(18)9-15(10)20-16(21)19-11(2)22-14-7-5-12(17)6-8-14/h3-9,11H,1-2H3,(H2,19,20,21). The lowest BCUT2D eigenvalue weighted by Crippen LogP contribution is -2.39. The number of aryl methyl sites for hydroxylation is 1. The monoisotopic (exact) mass is 338 g/mol. The van der Waals surface area contributed by atoms with E-state index in [0.29, 0.717) is 21.5 Å². The molecule has 22 heavy (non-hydrogen) atoms. The minimum absolute atomic E-state index is 0.369. The summed E-state index contributed by atoms with van der Waals surface area (Å²) in [5.41, 5.74) is 1.58. The largest absolute Gasteiger partial charge is 0.471 e. The summed E-state index contributed by atoms with van der Waals surface area (Å²) < 4.78 is 5.58. The van der Waals surface area contributed by atoms with Crippen molar-refractivity contribution in [1.29, 1.82) is 0 Å². The van der Waals surface area contributed by atoms with Gasteiger partial charge in [0.25, 0.3) is 0 Å². The van der Waals surface area contributed by atoms with Gasteiger partial charge in [0.15, 0.2) is 6.23 Å². The summed E-state index contributed by atoms with van der Waals surface area (Å²) in [5.74, 6) is 0.621. The fourth-order valence-corrected chi connectivity index (χ4v) is 2.12. The number of rotatable bonds is 4. The van der Waals surface area contributed by atoms with E-state index in [1.54, 1.807) is 43.3 Å². The van der Waals surface area contributed by atoms with Crippen LogP contribution in [0.3, 0.4) is 0 Å². The Kier molecular flexibility index (Phi) is 5.52. The number of benzene rings is 2. The third kappa shape index (κ3) is 4.83. The molecule has 2 aromatic carbocycles. The lowest BCUT2D eigenvalue weighted by atomic mass is 10.2. The minimum atomic E-state index is -0.499. The number of urea groups is 1. The van der Waals surface area contributed by atoms with Gasteiger partial charge < -0.3 is 15.4 Å². The first-order chi connectivity index (χ1) is 10.4. The van der Waals surface area contributed by atoms with E-state index in [1.807, 2.05) is 13.0 Å². The lowest BCUT2D eigenvalue weighted by Gasteiger charge is -2.17. The Balaban J connectivity index is 1.91. The summed E-state index contributed by atoms with van der Waals surface area (Å²) >= 11 is 11.7. The molecule has 0 spiro atoms. The Labute approximate surface area is 139 Å². The molecule has 1 atom stereocenters. The van der Waals surface area contributed by atoms with Crippen molar-refractivity contribution in [2.75, 3.05) is 5.32 Å². The van der Waals surface area contributed by atoms with Gasteiger partial charge in [-0.3, -0.25) is 0 Å². The number of hydrogen-bond acceptors (Lipinski definition) is 2. The Hall–Kier alpha value is -1.91. The lowest BCUT2D eigenvalue weighted by molar-refractivity contribution is 0.183. The predicted molar refractivity (Wildman–Crippen MR) is 89.9 cm³/mol. The average Bonchev–Trinajstić information content (AvgIpc) is 2.45. The number of anilines is 1. The van der Waals surface area contributed by atoms with E-state index in [9.17, 15) is 4.79 Å². The fraction of sp³-hybridized carbons (Fsp3) is 0.188. The van der Waals surface area contributed by atoms with Crippen LogP contribution in [0.4, 0.5) is 10.5 Å². The number of amides is 2. The molecule has 0 aliphatic heterocycles. The van der Waals surface area contributed by atoms with Crippen LogP contribution in [0.25, 0.3) is 0 Å². The zero-order chi connectivity index (χ0) is 16.1. The van der Waals surface area contributed by atoms with Crippen LogP contribution in [0.15, 0.2) is 42.5 Å². The topological polar surface area (TPSA) is 50.4 Å². The first-order valence-corrected chi connectivity index (χ1v) is 7.45. The van der Waals surface area contributed by atoms with Gasteiger partial charge >= 0.3 is 6.03 Å². The van der Waals surface area contributed by atoms with Crippen molar-refractivity contribution in [3.63, 3.8) is 0 Å². The summed E-state index contributed by atoms with van der Waals surface area (Å²) in [6, 6.07) is 11.8. The highest BCUT2D eigenvalue weighted by Crippen LogP contribution is 2.20. The molecule has 0 aliphatic carbocycles. The highest BCUT2D eigenvalue weighted by Gasteiger charge is 2.10. The molecule has 0 fully saturated rings. The number of halogens is 2. The minimum Gasteiger partial charge on any atom is -0.471 e. The summed E-state index contributed by atoms with van der Waals surface area (Å²) in [4.78, 5) is 12.0. The summed E-state index contributed by atoms with van der Waals surface area (Å²) in [7, 11) is 0. The molecule has 0 aliphatic rings. The van der Waals surface area contributed by atoms with Gasteiger partial charge in [-0.25, -0.2) is 4.79 Å². The van der Waals surface area contributed by atoms with Crippen LogP contribution in [0.5, 0.6) is 5.75 Å². The molecule has 2 amide bonds. The second kappa shape index (κ2) is 7.38. The molecule has 0 aromatic heterocycles. The average molecular weight is 339 g/mol. The van der Waals surface area contributed by atoms with Gasteiger partial charge in [0.1, 0.15) is 5.75 Å². The molecule has 0 saturated heterocycles. The first kappa shape index (κ1) is 16.5. The molecule has 116 valence electrons. The molecule has 2 rings (SSSR count). The van der Waals surface area contributed by atoms with Crippen LogP contribution in [0.2, 0.25) is 10.0 Å². The maximum Gasteiger partial charge on any atom is 0.322 e. The van der Waals surface area contributed by atoms with Gasteiger partial charge in [0.05, 0.1) is 0 Å². The highest BCUT2D eigenvalue weighted by molar-refractivity contribution is 6.31. The quantitative estimate of drug-likeness (QED) is 0.783. The van der Waals surface area contributed by atoms with Crippen LogP contribution in [-0.2, 0) is 0 Å². The van der Waals surface area contributed by atoms with Crippen LogP contribution in [0, 0.1) is 6.92 Å². The molecule has 6 heteroatoms. The van der Waals surface area contributed by atoms with E-state index < -0.39 is 6.23 Å². The Morgan fingerprint density at radius 2 is 1.73 bits per heavy atom. The number of nitrogens with one attached hydrogen (secondary N) is 2. The van der Waals surface area contributed by atoms with Crippen LogP contribution < -0.4 is 15.4 Å². The first-order valence-electron chi connectivity index (χ1n) is 6.70. The smallest absolute Gasteiger partial charge is 0.322 e. The van der Waals surface area contributed by atoms with E-state index >= 15 is 0 Å². The molecule has 0 bridgehead atoms. The zero-order valence-corrected chi connectivity index (χ0v) is 13.7. The third-order valence-electron chi connectivity index (χ3n) is 2.91. The van der Waals surface area contributed by atoms with E-state index in [-0.39, 0.29) is 6.03 Å². The maximum atomic E-state index is 12.0. The van der Waals surface area contributed by atoms with Gasteiger partial charge in [-0.15, -0.1) is 0 Å². The van der Waals surface area contributed by atoms with Crippen molar-refractivity contribution in [3.8, 4) is 5.75 Å². The second-order valence-electron chi connectivity index (χ2n) is 4.77. The SMILES string of the molecule is Cc1ccc(Cl)cc1NC(=O)NC(C)Oc1ccc(Cl)cc1. The van der Waals surface area contributed by atoms with Gasteiger partial charge in [-0.2, -0.15) is 0 Å². The van der Waals surface area contributed by atoms with Crippen molar-refractivity contribution in [1.82, 2.24) is 5.32 Å². The molecular weight excluding hydrogens is 323 g/mol. The fourth-order valence-electron chi connectivity index (χ4n) is 1.82. The van der Waals surface area contributed by atoms with Crippen molar-refractivity contribution >= 4 is 34.9 Å². The van der Waals surface area contributed by atoms with E-state index in [2.05, 4.69) is 10.6 Å². The number of hydrogen-bond donors (Lipinski definition) is 2. The van der Waals surface area contributed by atoms with Gasteiger partial charge in [-0.05, 0) is 55.8 Å². The maximum absolute atomic E-state index is 12.0. The van der Waals surface area contributed by atoms with Crippen molar-refractivity contribution < 1.29 is 9.53 Å². The van der Waals surface area contributed by atoms with E-state index in [0.717, 1.165) is 5.56 Å². The van der Waals surface area contributed by atoms with Gasteiger partial charge in [0.2, 0.25) is 0 Å². The Morgan fingerprint density at radius 1 is 1.09 bits per heavy atom. The Morgan fingerprint density at radius 3 is 2.41 bits per heavy atom. The van der Waals surface area contributed by atoms with E-state index in [4.69, 9.17) is 27.9 Å². The number of ether oxygens (including phenoxy) is 1. The molecule has 0 saturated carbocycles. The molecule has 0 heterocycles. The van der Waals surface area contributed by atoms with Gasteiger partial charge in [-0.1, -0.05) is 29.3 Å². The third-order valence-corrected chi connectivity index (χ3v) is 3.40. The van der Waals surface area contributed by atoms with Crippen molar-refractivity contribution in [2.24, 2.45) is 0 Å². The normalized spacial score (nSPS) is 11.6. The molecule has 2 N–H and O–H groups in total. The molecule has 1 unspecified atom stereocenters. The Bertz CT molecular complexity index is 660. The molecule has 0 radical (unpaired) electrons. The molecule has 4 nitrogen and oxygen atoms in total. The van der Waals surface area contributed by atoms with Crippen molar-refractivity contribution in [3.05, 3.63) is 58.1 Å². The molecule has 2 aromatic rings. The number of carbonyl (C=O) groups excluding carboxylic acids is 1. The van der Waals surface area contributed by atoms with Crippen molar-refractivity contribution in [2.45, 2.75) is 20.1 Å². The second-order valence-corrected chi connectivity index (χ2v) is 5.64. The summed E-state index contributed by atoms with van der Waals surface area (Å²) in [6.07, 6.45) is -0.499. The zero-order valence-electron chi connectivity index (χ0n) is 12.2. The summed E-state index contributed by atoms with van der Waals surface area (Å²) in [6.45, 7) is 3.62. The predicted octanol–water partition coefficient (Wildman–Crippen LogP) is 4.85. The van der Waals surface area contributed by atoms with Crippen LogP contribution in [-0.4, -0.2) is 12.3 Å². The van der Waals surface area contributed by atoms with Crippen LogP contribution >= 0.6 is 23.2 Å². The summed E-state index contributed by atoms with van der Waals surface area (Å²) in [5, 5.41) is 6.62. The van der Waals surface area contributed by atoms with Crippen LogP contribution in [0.1, 0.15) is 12.5 Å². The number of carbonyl (C=O) groups is 1. The van der Waals surface area contributed by atoms with Gasteiger partial charge in [0, 0.05) is 15.7 Å². The van der Waals surface area contributed by atoms with E-state index in [1.165, 1.54) is 0 Å². The highest BCUT2D eigenvalue weighted by atomic mass is 35.5. The molecular formula is C16H16Cl2N2O2.